The van der Waals surface area contributed by atoms with Gasteiger partial charge in [-0.25, -0.2) is 4.39 Å². The summed E-state index contributed by atoms with van der Waals surface area (Å²) >= 11 is 3.31. The van der Waals surface area contributed by atoms with Gasteiger partial charge in [0.05, 0.1) is 0 Å². The Balaban J connectivity index is 2.14. The number of halogens is 2. The number of hydrogen-bond acceptors (Lipinski definition) is 2. The van der Waals surface area contributed by atoms with Crippen LogP contribution in [0.3, 0.4) is 0 Å². The zero-order valence-electron chi connectivity index (χ0n) is 12.5. The van der Waals surface area contributed by atoms with E-state index in [1.54, 1.807) is 6.07 Å². The maximum absolute atomic E-state index is 14.0. The van der Waals surface area contributed by atoms with Crippen LogP contribution in [0.1, 0.15) is 39.2 Å². The molecule has 20 heavy (non-hydrogen) atoms. The van der Waals surface area contributed by atoms with Crippen molar-refractivity contribution in [2.24, 2.45) is 0 Å². The van der Waals surface area contributed by atoms with Crippen LogP contribution in [0.4, 0.5) is 4.39 Å². The third kappa shape index (κ3) is 3.41. The maximum atomic E-state index is 14.0. The highest BCUT2D eigenvalue weighted by atomic mass is 79.9. The van der Waals surface area contributed by atoms with Crippen molar-refractivity contribution >= 4 is 15.9 Å². The lowest BCUT2D eigenvalue weighted by Gasteiger charge is -2.46. The topological polar surface area (TPSA) is 15.3 Å². The smallest absolute Gasteiger partial charge is 0.128 e. The van der Waals surface area contributed by atoms with Gasteiger partial charge >= 0.3 is 0 Å². The summed E-state index contributed by atoms with van der Waals surface area (Å²) in [6, 6.07) is 5.78. The molecule has 2 rings (SSSR count). The first-order valence-corrected chi connectivity index (χ1v) is 8.22. The molecule has 1 unspecified atom stereocenters. The SMILES string of the molecule is CCC1(CC)CN(Cc2ccc(Br)cc2F)C(C)CN1. The first-order chi connectivity index (χ1) is 9.49. The Labute approximate surface area is 129 Å². The van der Waals surface area contributed by atoms with Gasteiger partial charge in [-0.05, 0) is 31.9 Å². The summed E-state index contributed by atoms with van der Waals surface area (Å²) in [6.45, 7) is 9.30. The van der Waals surface area contributed by atoms with Crippen molar-refractivity contribution in [3.05, 3.63) is 34.1 Å². The lowest BCUT2D eigenvalue weighted by molar-refractivity contribution is 0.0737. The van der Waals surface area contributed by atoms with Crippen LogP contribution < -0.4 is 5.32 Å². The van der Waals surface area contributed by atoms with Gasteiger partial charge in [0.25, 0.3) is 0 Å². The van der Waals surface area contributed by atoms with Gasteiger partial charge < -0.3 is 5.32 Å². The van der Waals surface area contributed by atoms with E-state index < -0.39 is 0 Å². The molecule has 0 aliphatic carbocycles. The second-order valence-corrected chi connectivity index (χ2v) is 6.77. The average molecular weight is 343 g/mol. The molecule has 1 atom stereocenters. The molecule has 0 aromatic heterocycles. The first kappa shape index (κ1) is 15.9. The number of benzene rings is 1. The molecular formula is C16H24BrFN2. The molecule has 0 amide bonds. The monoisotopic (exact) mass is 342 g/mol. The standard InChI is InChI=1S/C16H24BrFN2/c1-4-16(5-2)11-20(12(3)9-19-16)10-13-6-7-14(17)8-15(13)18/h6-8,12,19H,4-5,9-11H2,1-3H3. The normalized spacial score (nSPS) is 22.9. The van der Waals surface area contributed by atoms with Gasteiger partial charge in [-0.2, -0.15) is 0 Å². The summed E-state index contributed by atoms with van der Waals surface area (Å²) in [5.41, 5.74) is 0.960. The van der Waals surface area contributed by atoms with Crippen molar-refractivity contribution in [3.63, 3.8) is 0 Å². The Hall–Kier alpha value is -0.450. The molecule has 0 spiro atoms. The summed E-state index contributed by atoms with van der Waals surface area (Å²) in [6.07, 6.45) is 2.21. The van der Waals surface area contributed by atoms with E-state index in [0.717, 1.165) is 36.0 Å². The van der Waals surface area contributed by atoms with Crippen molar-refractivity contribution < 1.29 is 4.39 Å². The predicted octanol–water partition coefficient (Wildman–Crippen LogP) is 3.94. The van der Waals surface area contributed by atoms with Crippen molar-refractivity contribution in [1.82, 2.24) is 10.2 Å². The van der Waals surface area contributed by atoms with Crippen LogP contribution in [0.5, 0.6) is 0 Å². The molecule has 1 fully saturated rings. The number of nitrogens with one attached hydrogen (secondary N) is 1. The van der Waals surface area contributed by atoms with E-state index in [-0.39, 0.29) is 11.4 Å². The second kappa shape index (κ2) is 6.54. The Morgan fingerprint density at radius 3 is 2.70 bits per heavy atom. The Morgan fingerprint density at radius 1 is 1.40 bits per heavy atom. The highest BCUT2D eigenvalue weighted by molar-refractivity contribution is 9.10. The number of hydrogen-bond donors (Lipinski definition) is 1. The summed E-state index contributed by atoms with van der Waals surface area (Å²) in [5.74, 6) is -0.122. The van der Waals surface area contributed by atoms with Gasteiger partial charge in [0.2, 0.25) is 0 Å². The zero-order valence-corrected chi connectivity index (χ0v) is 14.1. The summed E-state index contributed by atoms with van der Waals surface area (Å²) in [7, 11) is 0. The van der Waals surface area contributed by atoms with Gasteiger partial charge in [-0.15, -0.1) is 0 Å². The largest absolute Gasteiger partial charge is 0.308 e. The Morgan fingerprint density at radius 2 is 2.10 bits per heavy atom. The summed E-state index contributed by atoms with van der Waals surface area (Å²) < 4.78 is 14.8. The van der Waals surface area contributed by atoms with E-state index in [4.69, 9.17) is 0 Å². The number of piperazine rings is 1. The number of nitrogens with zero attached hydrogens (tertiary/aromatic N) is 1. The van der Waals surface area contributed by atoms with Crippen LogP contribution >= 0.6 is 15.9 Å². The molecule has 4 heteroatoms. The molecule has 1 N–H and O–H groups in total. The highest BCUT2D eigenvalue weighted by Gasteiger charge is 2.35. The van der Waals surface area contributed by atoms with Crippen molar-refractivity contribution in [3.8, 4) is 0 Å². The fraction of sp³-hybridized carbons (Fsp3) is 0.625. The van der Waals surface area contributed by atoms with E-state index in [2.05, 4.69) is 46.9 Å². The van der Waals surface area contributed by atoms with Gasteiger partial charge in [0.15, 0.2) is 0 Å². The molecule has 0 saturated carbocycles. The molecule has 112 valence electrons. The molecule has 1 aliphatic heterocycles. The van der Waals surface area contributed by atoms with E-state index in [9.17, 15) is 4.39 Å². The van der Waals surface area contributed by atoms with Crippen LogP contribution in [-0.4, -0.2) is 29.6 Å². The zero-order chi connectivity index (χ0) is 14.8. The van der Waals surface area contributed by atoms with E-state index >= 15 is 0 Å². The van der Waals surface area contributed by atoms with Gasteiger partial charge in [-0.3, -0.25) is 4.90 Å². The Kier molecular flexibility index (Phi) is 5.21. The Bertz CT molecular complexity index is 460. The third-order valence-corrected chi connectivity index (χ3v) is 5.14. The summed E-state index contributed by atoms with van der Waals surface area (Å²) in [4.78, 5) is 2.40. The van der Waals surface area contributed by atoms with Crippen LogP contribution in [0, 0.1) is 5.82 Å². The van der Waals surface area contributed by atoms with E-state index in [0.29, 0.717) is 12.6 Å². The van der Waals surface area contributed by atoms with Gasteiger partial charge in [-0.1, -0.05) is 35.8 Å². The summed E-state index contributed by atoms with van der Waals surface area (Å²) in [5, 5.41) is 3.68. The molecule has 2 nitrogen and oxygen atoms in total. The minimum absolute atomic E-state index is 0.122. The minimum atomic E-state index is -0.122. The number of rotatable bonds is 4. The lowest BCUT2D eigenvalue weighted by atomic mass is 9.88. The molecule has 0 radical (unpaired) electrons. The molecular weight excluding hydrogens is 319 g/mol. The average Bonchev–Trinajstić information content (AvgIpc) is 2.44. The first-order valence-electron chi connectivity index (χ1n) is 7.42. The van der Waals surface area contributed by atoms with Crippen molar-refractivity contribution in [2.75, 3.05) is 13.1 Å². The van der Waals surface area contributed by atoms with Crippen molar-refractivity contribution in [2.45, 2.75) is 51.7 Å². The van der Waals surface area contributed by atoms with Crippen LogP contribution in [0.25, 0.3) is 0 Å². The molecule has 1 heterocycles. The van der Waals surface area contributed by atoms with Crippen molar-refractivity contribution in [1.29, 1.82) is 0 Å². The quantitative estimate of drug-likeness (QED) is 0.891. The molecule has 0 bridgehead atoms. The molecule has 1 aromatic rings. The molecule has 1 saturated heterocycles. The highest BCUT2D eigenvalue weighted by Crippen LogP contribution is 2.25. The van der Waals surface area contributed by atoms with Gasteiger partial charge in [0.1, 0.15) is 5.82 Å². The third-order valence-electron chi connectivity index (χ3n) is 4.64. The predicted molar refractivity (Wildman–Crippen MR) is 85.3 cm³/mol. The fourth-order valence-electron chi connectivity index (χ4n) is 2.90. The van der Waals surface area contributed by atoms with Crippen LogP contribution in [-0.2, 0) is 6.54 Å². The van der Waals surface area contributed by atoms with E-state index in [1.807, 2.05) is 12.1 Å². The fourth-order valence-corrected chi connectivity index (χ4v) is 3.23. The van der Waals surface area contributed by atoms with Crippen LogP contribution in [0.15, 0.2) is 22.7 Å². The molecule has 1 aromatic carbocycles. The second-order valence-electron chi connectivity index (χ2n) is 5.86. The van der Waals surface area contributed by atoms with E-state index in [1.165, 1.54) is 0 Å². The van der Waals surface area contributed by atoms with Crippen LogP contribution in [0.2, 0.25) is 0 Å². The van der Waals surface area contributed by atoms with Gasteiger partial charge in [0, 0.05) is 41.3 Å². The minimum Gasteiger partial charge on any atom is -0.308 e. The lowest BCUT2D eigenvalue weighted by Crippen LogP contribution is -2.62. The maximum Gasteiger partial charge on any atom is 0.128 e. The molecule has 1 aliphatic rings.